The second-order valence-corrected chi connectivity index (χ2v) is 4.69. The van der Waals surface area contributed by atoms with Crippen LogP contribution in [0.1, 0.15) is 16.8 Å². The Morgan fingerprint density at radius 1 is 1.27 bits per heavy atom. The highest BCUT2D eigenvalue weighted by atomic mass is 16.2. The van der Waals surface area contributed by atoms with Gasteiger partial charge in [0, 0.05) is 38.4 Å². The Hall–Kier alpha value is -2.67. The van der Waals surface area contributed by atoms with Gasteiger partial charge in [0.25, 0.3) is 5.91 Å². The van der Waals surface area contributed by atoms with E-state index in [4.69, 9.17) is 5.73 Å². The number of nitrogens with two attached hydrogens (primary N) is 1. The van der Waals surface area contributed by atoms with Crippen molar-refractivity contribution in [1.29, 1.82) is 0 Å². The molecule has 0 atom stereocenters. The number of hydrogen-bond donors (Lipinski definition) is 3. The fraction of sp³-hybridized carbons (Fsp3) is 0.267. The number of aromatic nitrogens is 2. The van der Waals surface area contributed by atoms with Crippen molar-refractivity contribution in [2.75, 3.05) is 18.4 Å². The van der Waals surface area contributed by atoms with Crippen LogP contribution in [-0.4, -0.2) is 34.5 Å². The predicted molar refractivity (Wildman–Crippen MR) is 83.3 cm³/mol. The van der Waals surface area contributed by atoms with Crippen molar-refractivity contribution in [1.82, 2.24) is 14.9 Å². The number of carbonyl (C=O) groups is 2. The van der Waals surface area contributed by atoms with Crippen molar-refractivity contribution in [3.05, 3.63) is 48.5 Å². The summed E-state index contributed by atoms with van der Waals surface area (Å²) in [5, 5.41) is 5.45. The lowest BCUT2D eigenvalue weighted by atomic mass is 10.1. The quantitative estimate of drug-likeness (QED) is 0.697. The predicted octanol–water partition coefficient (Wildman–Crippen LogP) is 0.600. The van der Waals surface area contributed by atoms with Gasteiger partial charge in [-0.1, -0.05) is 12.1 Å². The Labute approximate surface area is 128 Å². The lowest BCUT2D eigenvalue weighted by Crippen LogP contribution is -2.30. The van der Waals surface area contributed by atoms with Gasteiger partial charge in [0.1, 0.15) is 0 Å². The zero-order valence-electron chi connectivity index (χ0n) is 12.2. The summed E-state index contributed by atoms with van der Waals surface area (Å²) in [6.07, 6.45) is 5.41. The van der Waals surface area contributed by atoms with Gasteiger partial charge in [-0.3, -0.25) is 9.59 Å². The van der Waals surface area contributed by atoms with E-state index in [9.17, 15) is 9.59 Å². The normalized spacial score (nSPS) is 10.2. The number of imidazole rings is 1. The summed E-state index contributed by atoms with van der Waals surface area (Å²) < 4.78 is 1.82. The van der Waals surface area contributed by atoms with Crippen LogP contribution in [0, 0.1) is 0 Å². The first-order chi connectivity index (χ1) is 10.7. The van der Waals surface area contributed by atoms with E-state index in [0.717, 1.165) is 0 Å². The average molecular weight is 301 g/mol. The molecule has 2 aromatic rings. The van der Waals surface area contributed by atoms with Gasteiger partial charge in [-0.15, -0.1) is 0 Å². The molecule has 0 bridgehead atoms. The van der Waals surface area contributed by atoms with Gasteiger partial charge in [0.2, 0.25) is 5.91 Å². The van der Waals surface area contributed by atoms with Gasteiger partial charge < -0.3 is 20.9 Å². The molecule has 0 aliphatic heterocycles. The molecule has 22 heavy (non-hydrogen) atoms. The van der Waals surface area contributed by atoms with Crippen LogP contribution < -0.4 is 16.4 Å². The van der Waals surface area contributed by atoms with Crippen molar-refractivity contribution in [2.45, 2.75) is 13.0 Å². The van der Waals surface area contributed by atoms with Crippen molar-refractivity contribution >= 4 is 17.5 Å². The number of hydrogen-bond acceptors (Lipinski definition) is 4. The van der Waals surface area contributed by atoms with Crippen molar-refractivity contribution in [2.24, 2.45) is 5.73 Å². The lowest BCUT2D eigenvalue weighted by molar-refractivity contribution is -0.116. The van der Waals surface area contributed by atoms with Crippen LogP contribution in [0.15, 0.2) is 43.0 Å². The zero-order valence-corrected chi connectivity index (χ0v) is 12.2. The molecule has 0 saturated carbocycles. The number of para-hydroxylation sites is 1. The van der Waals surface area contributed by atoms with Gasteiger partial charge in [0.15, 0.2) is 0 Å². The summed E-state index contributed by atoms with van der Waals surface area (Å²) in [4.78, 5) is 27.9. The molecule has 1 aromatic heterocycles. The minimum absolute atomic E-state index is 0.159. The topological polar surface area (TPSA) is 102 Å². The Bertz CT molecular complexity index is 625. The molecular formula is C15H19N5O2. The average Bonchev–Trinajstić information content (AvgIpc) is 3.04. The molecule has 1 heterocycles. The van der Waals surface area contributed by atoms with E-state index in [2.05, 4.69) is 15.6 Å². The number of benzene rings is 1. The van der Waals surface area contributed by atoms with E-state index in [-0.39, 0.29) is 11.8 Å². The largest absolute Gasteiger partial charge is 0.351 e. The van der Waals surface area contributed by atoms with Crippen LogP contribution in [0.25, 0.3) is 0 Å². The molecule has 116 valence electrons. The smallest absolute Gasteiger partial charge is 0.253 e. The van der Waals surface area contributed by atoms with E-state index in [1.54, 1.807) is 43.0 Å². The fourth-order valence-electron chi connectivity index (χ4n) is 1.93. The Kier molecular flexibility index (Phi) is 5.67. The third kappa shape index (κ3) is 4.42. The first-order valence-corrected chi connectivity index (χ1v) is 7.03. The van der Waals surface area contributed by atoms with E-state index >= 15 is 0 Å². The number of aryl methyl sites for hydroxylation is 1. The van der Waals surface area contributed by atoms with Crippen molar-refractivity contribution in [3.8, 4) is 0 Å². The van der Waals surface area contributed by atoms with Gasteiger partial charge >= 0.3 is 0 Å². The summed E-state index contributed by atoms with van der Waals surface area (Å²) in [7, 11) is 0. The number of nitrogens with zero attached hydrogens (tertiary/aromatic N) is 2. The first kappa shape index (κ1) is 15.7. The van der Waals surface area contributed by atoms with E-state index < -0.39 is 0 Å². The molecule has 0 fully saturated rings. The molecule has 7 heteroatoms. The maximum absolute atomic E-state index is 12.0. The third-order valence-corrected chi connectivity index (χ3v) is 3.03. The SMILES string of the molecule is NCCNC(=O)c1ccccc1NC(=O)CCn1ccnc1. The van der Waals surface area contributed by atoms with Crippen LogP contribution in [0.3, 0.4) is 0 Å². The molecule has 7 nitrogen and oxygen atoms in total. The highest BCUT2D eigenvalue weighted by Crippen LogP contribution is 2.15. The number of nitrogens with one attached hydrogen (secondary N) is 2. The van der Waals surface area contributed by atoms with Crippen LogP contribution >= 0.6 is 0 Å². The van der Waals surface area contributed by atoms with Gasteiger partial charge in [-0.05, 0) is 12.1 Å². The van der Waals surface area contributed by atoms with Gasteiger partial charge in [-0.25, -0.2) is 4.98 Å². The first-order valence-electron chi connectivity index (χ1n) is 7.03. The Morgan fingerprint density at radius 2 is 2.09 bits per heavy atom. The maximum Gasteiger partial charge on any atom is 0.253 e. The highest BCUT2D eigenvalue weighted by Gasteiger charge is 2.12. The third-order valence-electron chi connectivity index (χ3n) is 3.03. The maximum atomic E-state index is 12.0. The van der Waals surface area contributed by atoms with E-state index in [0.29, 0.717) is 37.3 Å². The minimum Gasteiger partial charge on any atom is -0.351 e. The molecular weight excluding hydrogens is 282 g/mol. The second kappa shape index (κ2) is 7.94. The highest BCUT2D eigenvalue weighted by molar-refractivity contribution is 6.03. The van der Waals surface area contributed by atoms with E-state index in [1.165, 1.54) is 0 Å². The summed E-state index contributed by atoms with van der Waals surface area (Å²) >= 11 is 0. The van der Waals surface area contributed by atoms with Crippen molar-refractivity contribution < 1.29 is 9.59 Å². The van der Waals surface area contributed by atoms with Crippen LogP contribution in [0.4, 0.5) is 5.69 Å². The standard InChI is InChI=1S/C15H19N5O2/c16-6-7-18-15(22)12-3-1-2-4-13(12)19-14(21)5-9-20-10-8-17-11-20/h1-4,8,10-11H,5-7,9,16H2,(H,18,22)(H,19,21). The summed E-state index contributed by atoms with van der Waals surface area (Å²) in [5.41, 5.74) is 6.28. The molecule has 0 spiro atoms. The van der Waals surface area contributed by atoms with Gasteiger partial charge in [0.05, 0.1) is 17.6 Å². The second-order valence-electron chi connectivity index (χ2n) is 4.69. The molecule has 4 N–H and O–H groups in total. The van der Waals surface area contributed by atoms with Crippen LogP contribution in [-0.2, 0) is 11.3 Å². The number of amides is 2. The number of carbonyl (C=O) groups excluding carboxylic acids is 2. The van der Waals surface area contributed by atoms with Gasteiger partial charge in [-0.2, -0.15) is 0 Å². The van der Waals surface area contributed by atoms with Crippen LogP contribution in [0.2, 0.25) is 0 Å². The lowest BCUT2D eigenvalue weighted by Gasteiger charge is -2.11. The Balaban J connectivity index is 1.96. The molecule has 0 radical (unpaired) electrons. The molecule has 2 amide bonds. The van der Waals surface area contributed by atoms with Crippen LogP contribution in [0.5, 0.6) is 0 Å². The van der Waals surface area contributed by atoms with E-state index in [1.807, 2.05) is 4.57 Å². The summed E-state index contributed by atoms with van der Waals surface area (Å²) in [6.45, 7) is 1.29. The summed E-state index contributed by atoms with van der Waals surface area (Å²) in [6, 6.07) is 6.88. The number of rotatable bonds is 7. The van der Waals surface area contributed by atoms with Crippen molar-refractivity contribution in [3.63, 3.8) is 0 Å². The number of anilines is 1. The minimum atomic E-state index is -0.254. The summed E-state index contributed by atoms with van der Waals surface area (Å²) in [5.74, 6) is -0.413. The molecule has 0 aliphatic rings. The molecule has 0 saturated heterocycles. The molecule has 0 aliphatic carbocycles. The fourth-order valence-corrected chi connectivity index (χ4v) is 1.93. The molecule has 2 rings (SSSR count). The molecule has 1 aromatic carbocycles. The zero-order chi connectivity index (χ0) is 15.8. The monoisotopic (exact) mass is 301 g/mol. The Morgan fingerprint density at radius 3 is 2.82 bits per heavy atom. The molecule has 0 unspecified atom stereocenters.